The molecule has 0 N–H and O–H groups in total. The number of fused-ring (bicyclic) bond motifs is 1. The molecule has 16 heavy (non-hydrogen) atoms. The molecule has 4 heteroatoms. The number of hydrogen-bond donors (Lipinski definition) is 0. The van der Waals surface area contributed by atoms with Gasteiger partial charge in [-0.15, -0.1) is 0 Å². The van der Waals surface area contributed by atoms with Crippen molar-refractivity contribution in [2.24, 2.45) is 0 Å². The van der Waals surface area contributed by atoms with E-state index in [2.05, 4.69) is 11.2 Å². The van der Waals surface area contributed by atoms with Crippen LogP contribution < -0.4 is 0 Å². The minimum atomic E-state index is 0.439. The maximum Gasteiger partial charge on any atom is 0.144 e. The molecule has 0 bridgehead atoms. The molecule has 0 spiro atoms. The summed E-state index contributed by atoms with van der Waals surface area (Å²) in [5.41, 5.74) is 2.73. The zero-order chi connectivity index (χ0) is 11.0. The van der Waals surface area contributed by atoms with Crippen molar-refractivity contribution < 1.29 is 4.74 Å². The Bertz CT molecular complexity index is 438. The van der Waals surface area contributed by atoms with Crippen molar-refractivity contribution in [3.8, 4) is 6.07 Å². The maximum absolute atomic E-state index is 9.24. The highest BCUT2D eigenvalue weighted by molar-refractivity contribution is 5.36. The molecule has 4 nitrogen and oxygen atoms in total. The standard InChI is InChI=1S/C12H15N3O/c13-6-12-10-7-16-8-11(10)14-15(12)9-4-2-1-3-5-9/h9H,1-5,7-8H2. The Morgan fingerprint density at radius 1 is 1.25 bits per heavy atom. The Kier molecular flexibility index (Phi) is 2.41. The van der Waals surface area contributed by atoms with Gasteiger partial charge in [0.2, 0.25) is 0 Å². The molecule has 2 aliphatic rings. The van der Waals surface area contributed by atoms with Crippen LogP contribution in [0.3, 0.4) is 0 Å². The lowest BCUT2D eigenvalue weighted by Gasteiger charge is -2.22. The van der Waals surface area contributed by atoms with Gasteiger partial charge in [-0.25, -0.2) is 0 Å². The summed E-state index contributed by atoms with van der Waals surface area (Å²) in [6.45, 7) is 1.13. The molecule has 1 aliphatic carbocycles. The molecule has 0 amide bonds. The highest BCUT2D eigenvalue weighted by Crippen LogP contribution is 2.32. The Hall–Kier alpha value is -1.34. The van der Waals surface area contributed by atoms with Crippen LogP contribution in [0, 0.1) is 11.3 Å². The van der Waals surface area contributed by atoms with Crippen LogP contribution in [0.4, 0.5) is 0 Å². The molecular formula is C12H15N3O. The van der Waals surface area contributed by atoms with E-state index in [0.717, 1.165) is 29.8 Å². The summed E-state index contributed by atoms with van der Waals surface area (Å²) < 4.78 is 7.28. The normalized spacial score (nSPS) is 20.7. The highest BCUT2D eigenvalue weighted by Gasteiger charge is 2.27. The number of aromatic nitrogens is 2. The summed E-state index contributed by atoms with van der Waals surface area (Å²) in [5, 5.41) is 13.8. The molecule has 1 aromatic heterocycles. The first kappa shape index (κ1) is 9.86. The van der Waals surface area contributed by atoms with Crippen molar-refractivity contribution in [2.45, 2.75) is 51.4 Å². The minimum absolute atomic E-state index is 0.439. The van der Waals surface area contributed by atoms with E-state index in [1.807, 2.05) is 4.68 Å². The van der Waals surface area contributed by atoms with Crippen LogP contribution in [0.2, 0.25) is 0 Å². The molecule has 0 unspecified atom stereocenters. The predicted molar refractivity (Wildman–Crippen MR) is 57.6 cm³/mol. The maximum atomic E-state index is 9.24. The minimum Gasteiger partial charge on any atom is -0.370 e. The fourth-order valence-electron chi connectivity index (χ4n) is 2.74. The molecule has 1 aliphatic heterocycles. The molecule has 0 saturated heterocycles. The summed E-state index contributed by atoms with van der Waals surface area (Å²) in [5.74, 6) is 0. The average Bonchev–Trinajstić information content (AvgIpc) is 2.89. The smallest absolute Gasteiger partial charge is 0.144 e. The van der Waals surface area contributed by atoms with Crippen LogP contribution in [-0.2, 0) is 18.0 Å². The lowest BCUT2D eigenvalue weighted by atomic mass is 9.95. The van der Waals surface area contributed by atoms with E-state index >= 15 is 0 Å². The van der Waals surface area contributed by atoms with Crippen molar-refractivity contribution >= 4 is 0 Å². The number of hydrogen-bond acceptors (Lipinski definition) is 3. The number of rotatable bonds is 1. The summed E-state index contributed by atoms with van der Waals surface area (Å²) in [4.78, 5) is 0. The van der Waals surface area contributed by atoms with E-state index in [1.165, 1.54) is 19.3 Å². The Balaban J connectivity index is 1.97. The van der Waals surface area contributed by atoms with E-state index in [0.29, 0.717) is 19.3 Å². The Morgan fingerprint density at radius 3 is 2.81 bits per heavy atom. The molecule has 2 heterocycles. The number of nitrogens with zero attached hydrogens (tertiary/aromatic N) is 3. The van der Waals surface area contributed by atoms with Crippen LogP contribution in [0.1, 0.15) is 55.1 Å². The van der Waals surface area contributed by atoms with Crippen LogP contribution in [0.15, 0.2) is 0 Å². The van der Waals surface area contributed by atoms with E-state index in [9.17, 15) is 5.26 Å². The molecule has 3 rings (SSSR count). The summed E-state index contributed by atoms with van der Waals surface area (Å²) in [6, 6.07) is 2.73. The third-order valence-electron chi connectivity index (χ3n) is 3.60. The Morgan fingerprint density at radius 2 is 2.06 bits per heavy atom. The lowest BCUT2D eigenvalue weighted by Crippen LogP contribution is -2.16. The van der Waals surface area contributed by atoms with Gasteiger partial charge in [0, 0.05) is 5.56 Å². The molecule has 1 aromatic rings. The Labute approximate surface area is 94.8 Å². The molecular weight excluding hydrogens is 202 g/mol. The molecule has 0 radical (unpaired) electrons. The summed E-state index contributed by atoms with van der Waals surface area (Å²) in [7, 11) is 0. The molecule has 84 valence electrons. The van der Waals surface area contributed by atoms with Gasteiger partial charge in [0.1, 0.15) is 11.8 Å². The first-order valence-electron chi connectivity index (χ1n) is 5.98. The molecule has 0 aromatic carbocycles. The van der Waals surface area contributed by atoms with Crippen LogP contribution in [-0.4, -0.2) is 9.78 Å². The van der Waals surface area contributed by atoms with Crippen LogP contribution in [0.25, 0.3) is 0 Å². The second kappa shape index (κ2) is 3.91. The molecule has 1 fully saturated rings. The third-order valence-corrected chi connectivity index (χ3v) is 3.60. The van der Waals surface area contributed by atoms with E-state index < -0.39 is 0 Å². The topological polar surface area (TPSA) is 50.8 Å². The second-order valence-electron chi connectivity index (χ2n) is 4.61. The summed E-state index contributed by atoms with van der Waals surface area (Å²) >= 11 is 0. The average molecular weight is 217 g/mol. The van der Waals surface area contributed by atoms with Gasteiger partial charge in [-0.1, -0.05) is 19.3 Å². The van der Waals surface area contributed by atoms with Gasteiger partial charge < -0.3 is 4.74 Å². The number of ether oxygens (including phenoxy) is 1. The quantitative estimate of drug-likeness (QED) is 0.725. The van der Waals surface area contributed by atoms with Gasteiger partial charge in [-0.3, -0.25) is 4.68 Å². The van der Waals surface area contributed by atoms with Crippen molar-refractivity contribution in [1.82, 2.24) is 9.78 Å². The van der Waals surface area contributed by atoms with Gasteiger partial charge >= 0.3 is 0 Å². The molecule has 0 atom stereocenters. The van der Waals surface area contributed by atoms with Gasteiger partial charge in [-0.05, 0) is 12.8 Å². The van der Waals surface area contributed by atoms with E-state index in [-0.39, 0.29) is 0 Å². The first-order valence-corrected chi connectivity index (χ1v) is 5.98. The van der Waals surface area contributed by atoms with Crippen molar-refractivity contribution in [3.63, 3.8) is 0 Å². The monoisotopic (exact) mass is 217 g/mol. The first-order chi connectivity index (χ1) is 7.90. The third kappa shape index (κ3) is 1.43. The van der Waals surface area contributed by atoms with Crippen LogP contribution in [0.5, 0.6) is 0 Å². The lowest BCUT2D eigenvalue weighted by molar-refractivity contribution is 0.129. The molecule has 1 saturated carbocycles. The number of nitriles is 1. The largest absolute Gasteiger partial charge is 0.370 e. The summed E-state index contributed by atoms with van der Waals surface area (Å²) in [6.07, 6.45) is 6.17. The van der Waals surface area contributed by atoms with E-state index in [4.69, 9.17) is 4.74 Å². The highest BCUT2D eigenvalue weighted by atomic mass is 16.5. The van der Waals surface area contributed by atoms with E-state index in [1.54, 1.807) is 0 Å². The van der Waals surface area contributed by atoms with Gasteiger partial charge in [0.25, 0.3) is 0 Å². The van der Waals surface area contributed by atoms with Crippen molar-refractivity contribution in [1.29, 1.82) is 5.26 Å². The van der Waals surface area contributed by atoms with Crippen molar-refractivity contribution in [3.05, 3.63) is 17.0 Å². The van der Waals surface area contributed by atoms with Gasteiger partial charge in [-0.2, -0.15) is 10.4 Å². The van der Waals surface area contributed by atoms with Gasteiger partial charge in [0.15, 0.2) is 0 Å². The van der Waals surface area contributed by atoms with Gasteiger partial charge in [0.05, 0.1) is 24.9 Å². The zero-order valence-electron chi connectivity index (χ0n) is 9.28. The zero-order valence-corrected chi connectivity index (χ0v) is 9.28. The fourth-order valence-corrected chi connectivity index (χ4v) is 2.74. The second-order valence-corrected chi connectivity index (χ2v) is 4.61. The SMILES string of the molecule is N#Cc1c2c(nn1C1CCCCC1)COC2. The van der Waals surface area contributed by atoms with Crippen molar-refractivity contribution in [2.75, 3.05) is 0 Å². The van der Waals surface area contributed by atoms with Crippen LogP contribution >= 0.6 is 0 Å². The predicted octanol–water partition coefficient (Wildman–Crippen LogP) is 2.29. The fraction of sp³-hybridized carbons (Fsp3) is 0.667.